The molecule has 7 heteroatoms. The van der Waals surface area contributed by atoms with Crippen molar-refractivity contribution < 1.29 is 4.42 Å². The predicted molar refractivity (Wildman–Crippen MR) is 191 cm³/mol. The van der Waals surface area contributed by atoms with Crippen LogP contribution in [-0.4, -0.2) is 15.0 Å². The van der Waals surface area contributed by atoms with Crippen molar-refractivity contribution in [3.05, 3.63) is 146 Å². The fourth-order valence-electron chi connectivity index (χ4n) is 5.69. The molecule has 46 heavy (non-hydrogen) atoms. The first-order valence-electron chi connectivity index (χ1n) is 14.9. The highest BCUT2D eigenvalue weighted by Gasteiger charge is 2.16. The summed E-state index contributed by atoms with van der Waals surface area (Å²) in [7, 11) is 0. The molecule has 3 heterocycles. The first-order valence-corrected chi connectivity index (χ1v) is 16.6. The van der Waals surface area contributed by atoms with Crippen molar-refractivity contribution in [1.29, 1.82) is 0 Å². The molecule has 0 saturated heterocycles. The van der Waals surface area contributed by atoms with Crippen LogP contribution in [0.2, 0.25) is 0 Å². The Morgan fingerprint density at radius 3 is 1.33 bits per heavy atom. The third-order valence-electron chi connectivity index (χ3n) is 8.00. The minimum absolute atomic E-state index is 0.611. The molecule has 0 aliphatic heterocycles. The van der Waals surface area contributed by atoms with E-state index in [9.17, 15) is 0 Å². The Labute approximate surface area is 272 Å². The predicted octanol–water partition coefficient (Wildman–Crippen LogP) is 11.5. The van der Waals surface area contributed by atoms with Gasteiger partial charge in [-0.2, -0.15) is 0 Å². The van der Waals surface area contributed by atoms with Crippen molar-refractivity contribution in [3.63, 3.8) is 0 Å². The zero-order chi connectivity index (χ0) is 30.5. The number of anilines is 3. The van der Waals surface area contributed by atoms with E-state index < -0.39 is 0 Å². The van der Waals surface area contributed by atoms with Gasteiger partial charge in [0.25, 0.3) is 0 Å². The summed E-state index contributed by atoms with van der Waals surface area (Å²) in [6.45, 7) is 0. The number of hydrogen-bond acceptors (Lipinski definition) is 7. The lowest BCUT2D eigenvalue weighted by molar-refractivity contribution is 0.620. The second-order valence-electron chi connectivity index (χ2n) is 10.9. The molecule has 0 atom stereocenters. The highest BCUT2D eigenvalue weighted by atomic mass is 32.1. The average molecular weight is 629 g/mol. The van der Waals surface area contributed by atoms with E-state index >= 15 is 0 Å². The summed E-state index contributed by atoms with van der Waals surface area (Å²) in [6.07, 6.45) is 0. The Morgan fingerprint density at radius 2 is 0.848 bits per heavy atom. The molecular weight excluding hydrogens is 605 g/mol. The molecule has 0 unspecified atom stereocenters. The molecule has 0 fully saturated rings. The van der Waals surface area contributed by atoms with Crippen LogP contribution < -0.4 is 4.90 Å². The SMILES string of the molecule is c1ccc2oc(-c3ccc(N(c4ccc(-c5nc6ccccc6s5)cc4)c4ccc(-c5nc6ccccc6s5)cc4)cc3)nc2c1. The quantitative estimate of drug-likeness (QED) is 0.183. The number of para-hydroxylation sites is 4. The molecular formula is C39H24N4OS2. The van der Waals surface area contributed by atoms with E-state index in [0.29, 0.717) is 5.89 Å². The summed E-state index contributed by atoms with van der Waals surface area (Å²) < 4.78 is 8.42. The summed E-state index contributed by atoms with van der Waals surface area (Å²) in [6, 6.07) is 50.0. The largest absolute Gasteiger partial charge is 0.436 e. The van der Waals surface area contributed by atoms with E-state index in [-0.39, 0.29) is 0 Å². The van der Waals surface area contributed by atoms with E-state index in [2.05, 4.69) is 114 Å². The van der Waals surface area contributed by atoms with Crippen LogP contribution in [-0.2, 0) is 0 Å². The minimum Gasteiger partial charge on any atom is -0.436 e. The third-order valence-corrected chi connectivity index (χ3v) is 10.2. The molecule has 218 valence electrons. The van der Waals surface area contributed by atoms with Gasteiger partial charge < -0.3 is 9.32 Å². The number of rotatable bonds is 6. The molecule has 0 bridgehead atoms. The van der Waals surface area contributed by atoms with Crippen LogP contribution in [0, 0.1) is 0 Å². The van der Waals surface area contributed by atoms with Gasteiger partial charge in [0.05, 0.1) is 20.4 Å². The maximum Gasteiger partial charge on any atom is 0.227 e. The minimum atomic E-state index is 0.611. The summed E-state index contributed by atoms with van der Waals surface area (Å²) in [5.41, 5.74) is 9.94. The van der Waals surface area contributed by atoms with Gasteiger partial charge in [-0.15, -0.1) is 22.7 Å². The fourth-order valence-corrected chi connectivity index (χ4v) is 7.64. The summed E-state index contributed by atoms with van der Waals surface area (Å²) in [5.74, 6) is 0.611. The van der Waals surface area contributed by atoms with Gasteiger partial charge in [0.15, 0.2) is 5.58 Å². The third kappa shape index (κ3) is 4.83. The van der Waals surface area contributed by atoms with Crippen molar-refractivity contribution >= 4 is 71.3 Å². The van der Waals surface area contributed by atoms with Crippen LogP contribution in [0.5, 0.6) is 0 Å². The van der Waals surface area contributed by atoms with E-state index in [4.69, 9.17) is 19.4 Å². The molecule has 5 nitrogen and oxygen atoms in total. The van der Waals surface area contributed by atoms with Crippen molar-refractivity contribution in [2.45, 2.75) is 0 Å². The molecule has 9 aromatic rings. The molecule has 0 N–H and O–H groups in total. The zero-order valence-electron chi connectivity index (χ0n) is 24.4. The molecule has 0 aliphatic carbocycles. The van der Waals surface area contributed by atoms with Gasteiger partial charge in [0.2, 0.25) is 5.89 Å². The molecule has 0 spiro atoms. The Hall–Kier alpha value is -5.63. The maximum atomic E-state index is 6.04. The van der Waals surface area contributed by atoms with Gasteiger partial charge in [-0.1, -0.05) is 36.4 Å². The lowest BCUT2D eigenvalue weighted by atomic mass is 10.1. The van der Waals surface area contributed by atoms with Crippen LogP contribution in [0.25, 0.3) is 64.1 Å². The van der Waals surface area contributed by atoms with Crippen LogP contribution in [0.3, 0.4) is 0 Å². The average Bonchev–Trinajstić information content (AvgIpc) is 3.86. The second kappa shape index (κ2) is 11.1. The summed E-state index contributed by atoms with van der Waals surface area (Å²) in [5, 5.41) is 2.03. The number of fused-ring (bicyclic) bond motifs is 3. The van der Waals surface area contributed by atoms with Crippen LogP contribution in [0.4, 0.5) is 17.1 Å². The lowest BCUT2D eigenvalue weighted by Gasteiger charge is -2.26. The fraction of sp³-hybridized carbons (Fsp3) is 0. The number of benzene rings is 6. The number of nitrogens with zero attached hydrogens (tertiary/aromatic N) is 4. The molecule has 0 amide bonds. The van der Waals surface area contributed by atoms with Gasteiger partial charge in [-0.25, -0.2) is 15.0 Å². The van der Waals surface area contributed by atoms with E-state index in [0.717, 1.165) is 65.9 Å². The normalized spacial score (nSPS) is 11.5. The topological polar surface area (TPSA) is 55.1 Å². The van der Waals surface area contributed by atoms with E-state index in [1.165, 1.54) is 9.40 Å². The Morgan fingerprint density at radius 1 is 0.413 bits per heavy atom. The number of oxazole rings is 1. The van der Waals surface area contributed by atoms with Gasteiger partial charge >= 0.3 is 0 Å². The Kier molecular flexibility index (Phi) is 6.43. The van der Waals surface area contributed by atoms with Crippen LogP contribution >= 0.6 is 22.7 Å². The van der Waals surface area contributed by atoms with Gasteiger partial charge in [-0.3, -0.25) is 0 Å². The molecule has 6 aromatic carbocycles. The van der Waals surface area contributed by atoms with E-state index in [1.54, 1.807) is 22.7 Å². The smallest absolute Gasteiger partial charge is 0.227 e. The molecule has 0 radical (unpaired) electrons. The van der Waals surface area contributed by atoms with Gasteiger partial charge in [-0.05, 0) is 109 Å². The number of hydrogen-bond donors (Lipinski definition) is 0. The monoisotopic (exact) mass is 628 g/mol. The molecule has 3 aromatic heterocycles. The standard InChI is InChI=1S/C39H24N4OS2/c1-4-10-34-31(7-1)40-37(44-34)25-13-19-28(20-14-25)43(29-21-15-26(16-22-29)38-41-32-8-2-5-11-35(32)45-38)30-23-17-27(18-24-30)39-42-33-9-3-6-12-36(33)46-39/h1-24H. The van der Waals surface area contributed by atoms with Crippen LogP contribution in [0.15, 0.2) is 150 Å². The lowest BCUT2D eigenvalue weighted by Crippen LogP contribution is -2.09. The van der Waals surface area contributed by atoms with E-state index in [1.807, 2.05) is 36.4 Å². The van der Waals surface area contributed by atoms with Crippen molar-refractivity contribution in [1.82, 2.24) is 15.0 Å². The summed E-state index contributed by atoms with van der Waals surface area (Å²) >= 11 is 3.43. The number of thiazole rings is 2. The van der Waals surface area contributed by atoms with Crippen molar-refractivity contribution in [3.8, 4) is 32.6 Å². The van der Waals surface area contributed by atoms with Crippen molar-refractivity contribution in [2.24, 2.45) is 0 Å². The van der Waals surface area contributed by atoms with Crippen molar-refractivity contribution in [2.75, 3.05) is 4.90 Å². The summed E-state index contributed by atoms with van der Waals surface area (Å²) in [4.78, 5) is 16.7. The Bertz CT molecular complexity index is 2100. The van der Waals surface area contributed by atoms with Gasteiger partial charge in [0.1, 0.15) is 15.5 Å². The zero-order valence-corrected chi connectivity index (χ0v) is 26.0. The maximum absolute atomic E-state index is 6.04. The van der Waals surface area contributed by atoms with Crippen LogP contribution in [0.1, 0.15) is 0 Å². The first-order chi connectivity index (χ1) is 22.7. The Balaban J connectivity index is 1.09. The highest BCUT2D eigenvalue weighted by Crippen LogP contribution is 2.39. The second-order valence-corrected chi connectivity index (χ2v) is 13.0. The molecule has 0 saturated carbocycles. The number of aromatic nitrogens is 3. The molecule has 0 aliphatic rings. The first kappa shape index (κ1) is 26.7. The highest BCUT2D eigenvalue weighted by molar-refractivity contribution is 7.22. The molecule has 9 rings (SSSR count). The van der Waals surface area contributed by atoms with Gasteiger partial charge in [0, 0.05) is 33.8 Å².